The molecule has 5 heteroatoms. The lowest BCUT2D eigenvalue weighted by molar-refractivity contribution is -0.307. The van der Waals surface area contributed by atoms with E-state index in [-0.39, 0.29) is 18.7 Å². The van der Waals surface area contributed by atoms with Crippen LogP contribution in [0.4, 0.5) is 5.69 Å². The molecule has 2 aromatic rings. The van der Waals surface area contributed by atoms with Crippen molar-refractivity contribution in [2.75, 3.05) is 5.32 Å². The predicted octanol–water partition coefficient (Wildman–Crippen LogP) is 2.81. The van der Waals surface area contributed by atoms with Crippen LogP contribution in [0, 0.1) is 5.41 Å². The lowest BCUT2D eigenvalue weighted by Crippen LogP contribution is -2.31. The number of aryl methyl sites for hydroxylation is 2. The topological polar surface area (TPSA) is 82.4 Å². The van der Waals surface area contributed by atoms with Crippen LogP contribution in [-0.2, 0) is 22.4 Å². The Morgan fingerprint density at radius 3 is 2.71 bits per heavy atom. The van der Waals surface area contributed by atoms with Gasteiger partial charge < -0.3 is 19.6 Å². The molecular weight excluding hydrogens is 306 g/mol. The summed E-state index contributed by atoms with van der Waals surface area (Å²) in [6.45, 7) is 3.50. The molecule has 0 atom stereocenters. The third-order valence-corrected chi connectivity index (χ3v) is 4.50. The highest BCUT2D eigenvalue weighted by Crippen LogP contribution is 2.33. The van der Waals surface area contributed by atoms with E-state index in [4.69, 9.17) is 4.42 Å². The number of aliphatic carboxylic acids is 1. The van der Waals surface area contributed by atoms with Gasteiger partial charge >= 0.3 is 0 Å². The molecule has 1 amide bonds. The number of carboxylic acid groups (broad SMARTS) is 1. The highest BCUT2D eigenvalue weighted by molar-refractivity contribution is 5.94. The third-order valence-electron chi connectivity index (χ3n) is 4.50. The Bertz CT molecular complexity index is 788. The van der Waals surface area contributed by atoms with Gasteiger partial charge in [-0.3, -0.25) is 4.79 Å². The average Bonchev–Trinajstić information content (AvgIpc) is 2.83. The molecule has 1 aromatic heterocycles. The molecule has 0 bridgehead atoms. The summed E-state index contributed by atoms with van der Waals surface area (Å²) in [6.07, 6.45) is 4.29. The van der Waals surface area contributed by atoms with Gasteiger partial charge in [-0.25, -0.2) is 0 Å². The molecule has 1 aromatic carbocycles. The molecule has 128 valence electrons. The van der Waals surface area contributed by atoms with Crippen LogP contribution in [0.25, 0.3) is 11.0 Å². The van der Waals surface area contributed by atoms with Gasteiger partial charge in [0, 0.05) is 35.4 Å². The summed E-state index contributed by atoms with van der Waals surface area (Å²) < 4.78 is 5.89. The molecule has 0 saturated carbocycles. The van der Waals surface area contributed by atoms with Crippen LogP contribution in [0.2, 0.25) is 0 Å². The fourth-order valence-corrected chi connectivity index (χ4v) is 3.43. The van der Waals surface area contributed by atoms with E-state index in [1.807, 2.05) is 18.2 Å². The van der Waals surface area contributed by atoms with Crippen molar-refractivity contribution in [3.8, 4) is 0 Å². The van der Waals surface area contributed by atoms with Crippen LogP contribution in [0.3, 0.4) is 0 Å². The minimum atomic E-state index is -1.14. The van der Waals surface area contributed by atoms with E-state index in [0.29, 0.717) is 5.69 Å². The Hall–Kier alpha value is -2.30. The predicted molar refractivity (Wildman–Crippen MR) is 89.5 cm³/mol. The second-order valence-corrected chi connectivity index (χ2v) is 7.36. The van der Waals surface area contributed by atoms with Crippen molar-refractivity contribution < 1.29 is 19.1 Å². The second kappa shape index (κ2) is 6.30. The monoisotopic (exact) mass is 328 g/mol. The molecule has 1 heterocycles. The molecule has 1 aliphatic rings. The zero-order valence-corrected chi connectivity index (χ0v) is 14.1. The zero-order valence-electron chi connectivity index (χ0n) is 14.1. The Kier molecular flexibility index (Phi) is 4.35. The highest BCUT2D eigenvalue weighted by Gasteiger charge is 2.23. The van der Waals surface area contributed by atoms with Crippen molar-refractivity contribution in [2.45, 2.75) is 52.4 Å². The maximum absolute atomic E-state index is 12.2. The van der Waals surface area contributed by atoms with Crippen LogP contribution >= 0.6 is 0 Å². The quantitative estimate of drug-likeness (QED) is 0.915. The average molecular weight is 328 g/mol. The Labute approximate surface area is 141 Å². The Morgan fingerprint density at radius 1 is 1.21 bits per heavy atom. The van der Waals surface area contributed by atoms with E-state index in [9.17, 15) is 14.7 Å². The summed E-state index contributed by atoms with van der Waals surface area (Å²) in [6, 6.07) is 5.66. The highest BCUT2D eigenvalue weighted by atomic mass is 16.4. The molecule has 0 fully saturated rings. The SMILES string of the molecule is CC(C)(CC(=O)[O-])CC(=O)Nc1ccc2oc3c(c2c1)CCCC3. The first-order chi connectivity index (χ1) is 11.3. The fraction of sp³-hybridized carbons (Fsp3) is 0.474. The van der Waals surface area contributed by atoms with Gasteiger partial charge in [-0.15, -0.1) is 0 Å². The third kappa shape index (κ3) is 3.61. The Morgan fingerprint density at radius 2 is 1.96 bits per heavy atom. The largest absolute Gasteiger partial charge is 0.550 e. The van der Waals surface area contributed by atoms with Gasteiger partial charge in [0.1, 0.15) is 11.3 Å². The fourth-order valence-electron chi connectivity index (χ4n) is 3.43. The standard InChI is InChI=1S/C19H23NO4/c1-19(2,11-18(22)23)10-17(21)20-12-7-8-16-14(9-12)13-5-3-4-6-15(13)24-16/h7-9H,3-6,10-11H2,1-2H3,(H,20,21)(H,22,23)/p-1. The number of carbonyl (C=O) groups is 2. The molecule has 0 unspecified atom stereocenters. The van der Waals surface area contributed by atoms with E-state index in [1.54, 1.807) is 13.8 Å². The van der Waals surface area contributed by atoms with Gasteiger partial charge in [0.15, 0.2) is 0 Å². The summed E-state index contributed by atoms with van der Waals surface area (Å²) >= 11 is 0. The molecule has 5 nitrogen and oxygen atoms in total. The molecule has 24 heavy (non-hydrogen) atoms. The minimum absolute atomic E-state index is 0.127. The van der Waals surface area contributed by atoms with Gasteiger partial charge in [-0.1, -0.05) is 13.8 Å². The normalized spacial score (nSPS) is 14.4. The molecule has 0 radical (unpaired) electrons. The number of furan rings is 1. The molecule has 3 rings (SSSR count). The van der Waals surface area contributed by atoms with Crippen LogP contribution in [0.5, 0.6) is 0 Å². The summed E-state index contributed by atoms with van der Waals surface area (Å²) in [4.78, 5) is 23.0. The van der Waals surface area contributed by atoms with Gasteiger partial charge in [0.25, 0.3) is 0 Å². The number of carbonyl (C=O) groups excluding carboxylic acids is 2. The number of anilines is 1. The summed E-state index contributed by atoms with van der Waals surface area (Å²) in [5.74, 6) is -0.271. The van der Waals surface area contributed by atoms with Crippen molar-refractivity contribution in [1.29, 1.82) is 0 Å². The second-order valence-electron chi connectivity index (χ2n) is 7.36. The maximum atomic E-state index is 12.2. The van der Waals surface area contributed by atoms with Crippen LogP contribution in [0.1, 0.15) is 50.9 Å². The van der Waals surface area contributed by atoms with Crippen molar-refractivity contribution in [2.24, 2.45) is 5.41 Å². The molecule has 0 saturated heterocycles. The van der Waals surface area contributed by atoms with E-state index in [2.05, 4.69) is 5.32 Å². The number of hydrogen-bond donors (Lipinski definition) is 1. The molecular formula is C19H22NO4-. The van der Waals surface area contributed by atoms with E-state index in [0.717, 1.165) is 42.4 Å². The number of amides is 1. The number of hydrogen-bond acceptors (Lipinski definition) is 4. The van der Waals surface area contributed by atoms with Crippen molar-refractivity contribution in [3.05, 3.63) is 29.5 Å². The van der Waals surface area contributed by atoms with Gasteiger partial charge in [-0.2, -0.15) is 0 Å². The zero-order chi connectivity index (χ0) is 17.3. The number of carboxylic acids is 1. The molecule has 0 spiro atoms. The summed E-state index contributed by atoms with van der Waals surface area (Å²) in [5.41, 5.74) is 2.19. The van der Waals surface area contributed by atoms with Crippen LogP contribution in [-0.4, -0.2) is 11.9 Å². The number of benzene rings is 1. The first kappa shape index (κ1) is 16.6. The van der Waals surface area contributed by atoms with Crippen LogP contribution in [0.15, 0.2) is 22.6 Å². The lowest BCUT2D eigenvalue weighted by atomic mass is 9.85. The number of nitrogens with one attached hydrogen (secondary N) is 1. The maximum Gasteiger partial charge on any atom is 0.224 e. The smallest absolute Gasteiger partial charge is 0.224 e. The van der Waals surface area contributed by atoms with E-state index < -0.39 is 11.4 Å². The first-order valence-electron chi connectivity index (χ1n) is 8.38. The summed E-state index contributed by atoms with van der Waals surface area (Å²) in [5, 5.41) is 14.7. The van der Waals surface area contributed by atoms with Gasteiger partial charge in [0.05, 0.1) is 0 Å². The number of fused-ring (bicyclic) bond motifs is 3. The van der Waals surface area contributed by atoms with Crippen molar-refractivity contribution in [3.63, 3.8) is 0 Å². The first-order valence-corrected chi connectivity index (χ1v) is 8.38. The minimum Gasteiger partial charge on any atom is -0.550 e. The van der Waals surface area contributed by atoms with Gasteiger partial charge in [-0.05, 0) is 49.3 Å². The molecule has 0 aliphatic heterocycles. The number of rotatable bonds is 5. The lowest BCUT2D eigenvalue weighted by Gasteiger charge is -2.24. The molecule has 1 aliphatic carbocycles. The summed E-state index contributed by atoms with van der Waals surface area (Å²) in [7, 11) is 0. The van der Waals surface area contributed by atoms with E-state index in [1.165, 1.54) is 5.56 Å². The van der Waals surface area contributed by atoms with E-state index >= 15 is 0 Å². The Balaban J connectivity index is 1.75. The van der Waals surface area contributed by atoms with Gasteiger partial charge in [0.2, 0.25) is 5.91 Å². The van der Waals surface area contributed by atoms with Crippen LogP contribution < -0.4 is 10.4 Å². The van der Waals surface area contributed by atoms with Crippen molar-refractivity contribution >= 4 is 28.5 Å². The van der Waals surface area contributed by atoms with Crippen molar-refractivity contribution in [1.82, 2.24) is 0 Å². The molecule has 1 N–H and O–H groups in total.